The highest BCUT2D eigenvalue weighted by Crippen LogP contribution is 2.29. The molecule has 0 aliphatic heterocycles. The van der Waals surface area contributed by atoms with E-state index in [0.29, 0.717) is 30.2 Å². The Hall–Kier alpha value is -2.74. The number of sulfonamides is 1. The topological polar surface area (TPSA) is 84.9 Å². The summed E-state index contributed by atoms with van der Waals surface area (Å²) in [6.07, 6.45) is 1.69. The third-order valence-electron chi connectivity index (χ3n) is 4.70. The van der Waals surface area contributed by atoms with Gasteiger partial charge in [-0.15, -0.1) is 0 Å². The fraction of sp³-hybridized carbons (Fsp3) is 0.409. The average molecular weight is 435 g/mol. The van der Waals surface area contributed by atoms with Crippen LogP contribution in [0.1, 0.15) is 30.9 Å². The first kappa shape index (κ1) is 23.5. The van der Waals surface area contributed by atoms with Gasteiger partial charge in [-0.3, -0.25) is 9.10 Å². The molecule has 0 aliphatic rings. The summed E-state index contributed by atoms with van der Waals surface area (Å²) in [5.74, 6) is 1.02. The van der Waals surface area contributed by atoms with Crippen molar-refractivity contribution in [2.75, 3.05) is 37.9 Å². The Morgan fingerprint density at radius 1 is 1.07 bits per heavy atom. The number of rotatable bonds is 10. The summed E-state index contributed by atoms with van der Waals surface area (Å²) in [5, 5.41) is 2.80. The monoisotopic (exact) mass is 434 g/mol. The Balaban J connectivity index is 2.06. The number of hydrogen-bond acceptors (Lipinski definition) is 5. The quantitative estimate of drug-likeness (QED) is 0.621. The van der Waals surface area contributed by atoms with E-state index in [4.69, 9.17) is 9.47 Å². The Kier molecular flexibility index (Phi) is 8.11. The maximum Gasteiger partial charge on any atom is 0.240 e. The molecule has 0 heterocycles. The maximum absolute atomic E-state index is 12.5. The van der Waals surface area contributed by atoms with Gasteiger partial charge in [-0.25, -0.2) is 8.42 Å². The minimum absolute atomic E-state index is 0.124. The molecule has 0 unspecified atom stereocenters. The molecule has 0 fully saturated rings. The van der Waals surface area contributed by atoms with E-state index in [1.54, 1.807) is 26.4 Å². The molecule has 1 N–H and O–H groups in total. The Bertz CT molecular complexity index is 973. The average Bonchev–Trinajstić information content (AvgIpc) is 2.71. The van der Waals surface area contributed by atoms with Gasteiger partial charge < -0.3 is 14.8 Å². The van der Waals surface area contributed by atoms with Crippen molar-refractivity contribution in [2.45, 2.75) is 26.2 Å². The summed E-state index contributed by atoms with van der Waals surface area (Å²) >= 11 is 0. The van der Waals surface area contributed by atoms with Crippen molar-refractivity contribution in [2.24, 2.45) is 0 Å². The number of anilines is 1. The number of amides is 1. The zero-order chi connectivity index (χ0) is 22.3. The lowest BCUT2D eigenvalue weighted by molar-refractivity contribution is -0.119. The Morgan fingerprint density at radius 3 is 2.33 bits per heavy atom. The fourth-order valence-corrected chi connectivity index (χ4v) is 4.03. The molecular weight excluding hydrogens is 404 g/mol. The van der Waals surface area contributed by atoms with Crippen LogP contribution >= 0.6 is 0 Å². The number of hydrogen-bond donors (Lipinski definition) is 1. The highest BCUT2D eigenvalue weighted by molar-refractivity contribution is 7.92. The van der Waals surface area contributed by atoms with Gasteiger partial charge in [0.25, 0.3) is 0 Å². The predicted molar refractivity (Wildman–Crippen MR) is 119 cm³/mol. The molecule has 2 aromatic rings. The standard InChI is InChI=1S/C22H30N2O5S/c1-16(2)18-8-6-7-9-19(18)24(30(5,26)27)15-22(25)23-13-12-17-10-11-20(28-3)21(14-17)29-4/h6-11,14,16H,12-13,15H2,1-5H3,(H,23,25). The summed E-state index contributed by atoms with van der Waals surface area (Å²) in [4.78, 5) is 12.5. The van der Waals surface area contributed by atoms with E-state index in [9.17, 15) is 13.2 Å². The van der Waals surface area contributed by atoms with Gasteiger partial charge in [-0.1, -0.05) is 38.1 Å². The van der Waals surface area contributed by atoms with E-state index in [2.05, 4.69) is 5.32 Å². The smallest absolute Gasteiger partial charge is 0.240 e. The molecule has 0 saturated carbocycles. The highest BCUT2D eigenvalue weighted by atomic mass is 32.2. The summed E-state index contributed by atoms with van der Waals surface area (Å²) in [6.45, 7) is 4.08. The fourth-order valence-electron chi connectivity index (χ4n) is 3.15. The Morgan fingerprint density at radius 2 is 1.73 bits per heavy atom. The van der Waals surface area contributed by atoms with Gasteiger partial charge in [-0.05, 0) is 41.7 Å². The molecule has 0 aliphatic carbocycles. The van der Waals surface area contributed by atoms with Crippen LogP contribution in [0.4, 0.5) is 5.69 Å². The number of carbonyl (C=O) groups is 1. The zero-order valence-corrected chi connectivity index (χ0v) is 19.0. The number of ether oxygens (including phenoxy) is 2. The van der Waals surface area contributed by atoms with Crippen LogP contribution in [0.3, 0.4) is 0 Å². The Labute approximate surface area is 179 Å². The lowest BCUT2D eigenvalue weighted by Gasteiger charge is -2.25. The lowest BCUT2D eigenvalue weighted by Crippen LogP contribution is -2.41. The molecule has 0 atom stereocenters. The molecule has 7 nitrogen and oxygen atoms in total. The minimum Gasteiger partial charge on any atom is -0.493 e. The van der Waals surface area contributed by atoms with Gasteiger partial charge in [-0.2, -0.15) is 0 Å². The highest BCUT2D eigenvalue weighted by Gasteiger charge is 2.23. The number of nitrogens with one attached hydrogen (secondary N) is 1. The molecule has 30 heavy (non-hydrogen) atoms. The second kappa shape index (κ2) is 10.3. The van der Waals surface area contributed by atoms with Crippen molar-refractivity contribution in [3.8, 4) is 11.5 Å². The second-order valence-corrected chi connectivity index (χ2v) is 9.18. The third-order valence-corrected chi connectivity index (χ3v) is 5.83. The molecule has 0 aromatic heterocycles. The van der Waals surface area contributed by atoms with Crippen LogP contribution in [-0.2, 0) is 21.2 Å². The summed E-state index contributed by atoms with van der Waals surface area (Å²) in [7, 11) is -0.481. The largest absolute Gasteiger partial charge is 0.493 e. The number of para-hydroxylation sites is 1. The van der Waals surface area contributed by atoms with Gasteiger partial charge in [0.15, 0.2) is 11.5 Å². The van der Waals surface area contributed by atoms with Crippen molar-refractivity contribution >= 4 is 21.6 Å². The SMILES string of the molecule is COc1ccc(CCNC(=O)CN(c2ccccc2C(C)C)S(C)(=O)=O)cc1OC. The van der Waals surface area contributed by atoms with Crippen LogP contribution in [0, 0.1) is 0 Å². The van der Waals surface area contributed by atoms with E-state index < -0.39 is 10.0 Å². The summed E-state index contributed by atoms with van der Waals surface area (Å²) in [5.41, 5.74) is 2.38. The van der Waals surface area contributed by atoms with E-state index in [1.165, 1.54) is 0 Å². The van der Waals surface area contributed by atoms with Crippen LogP contribution in [-0.4, -0.2) is 47.9 Å². The molecule has 2 aromatic carbocycles. The van der Waals surface area contributed by atoms with Crippen LogP contribution < -0.4 is 19.1 Å². The molecule has 0 radical (unpaired) electrons. The molecule has 1 amide bonds. The summed E-state index contributed by atoms with van der Waals surface area (Å²) in [6, 6.07) is 12.8. The first-order chi connectivity index (χ1) is 14.2. The molecule has 0 bridgehead atoms. The maximum atomic E-state index is 12.5. The van der Waals surface area contributed by atoms with Gasteiger partial charge in [0.1, 0.15) is 6.54 Å². The van der Waals surface area contributed by atoms with Crippen molar-refractivity contribution in [3.63, 3.8) is 0 Å². The van der Waals surface area contributed by atoms with Gasteiger partial charge in [0.2, 0.25) is 15.9 Å². The third kappa shape index (κ3) is 6.13. The van der Waals surface area contributed by atoms with Crippen molar-refractivity contribution in [1.29, 1.82) is 0 Å². The summed E-state index contributed by atoms with van der Waals surface area (Å²) < 4.78 is 36.4. The van der Waals surface area contributed by atoms with Crippen molar-refractivity contribution in [3.05, 3.63) is 53.6 Å². The van der Waals surface area contributed by atoms with Gasteiger partial charge in [0, 0.05) is 6.54 Å². The number of benzene rings is 2. The first-order valence-corrected chi connectivity index (χ1v) is 11.6. The van der Waals surface area contributed by atoms with Crippen LogP contribution in [0.2, 0.25) is 0 Å². The van der Waals surface area contributed by atoms with Crippen LogP contribution in [0.25, 0.3) is 0 Å². The van der Waals surface area contributed by atoms with E-state index in [-0.39, 0.29) is 18.4 Å². The molecule has 164 valence electrons. The number of methoxy groups -OCH3 is 2. The number of carbonyl (C=O) groups excluding carboxylic acids is 1. The molecular formula is C22H30N2O5S. The van der Waals surface area contributed by atoms with Gasteiger partial charge in [0.05, 0.1) is 26.2 Å². The van der Waals surface area contributed by atoms with Crippen molar-refractivity contribution in [1.82, 2.24) is 5.32 Å². The van der Waals surface area contributed by atoms with Gasteiger partial charge >= 0.3 is 0 Å². The van der Waals surface area contributed by atoms with Crippen molar-refractivity contribution < 1.29 is 22.7 Å². The number of nitrogens with zero attached hydrogens (tertiary/aromatic N) is 1. The molecule has 2 rings (SSSR count). The first-order valence-electron chi connectivity index (χ1n) is 9.71. The second-order valence-electron chi connectivity index (χ2n) is 7.27. The molecule has 0 saturated heterocycles. The van der Waals surface area contributed by atoms with E-state index >= 15 is 0 Å². The zero-order valence-electron chi connectivity index (χ0n) is 18.1. The van der Waals surface area contributed by atoms with Crippen LogP contribution in [0.5, 0.6) is 11.5 Å². The predicted octanol–water partition coefficient (Wildman–Crippen LogP) is 2.95. The molecule has 8 heteroatoms. The molecule has 0 spiro atoms. The van der Waals surface area contributed by atoms with Crippen LogP contribution in [0.15, 0.2) is 42.5 Å². The van der Waals surface area contributed by atoms with E-state index in [0.717, 1.165) is 21.7 Å². The van der Waals surface area contributed by atoms with E-state index in [1.807, 2.05) is 44.2 Å². The minimum atomic E-state index is -3.62. The normalized spacial score (nSPS) is 11.3. The lowest BCUT2D eigenvalue weighted by atomic mass is 10.0.